The zero-order valence-corrected chi connectivity index (χ0v) is 11.8. The maximum atomic E-state index is 6.50. The minimum Gasteiger partial charge on any atom is -1.00 e. The van der Waals surface area contributed by atoms with Crippen LogP contribution in [0.4, 0.5) is 0 Å². The van der Waals surface area contributed by atoms with Gasteiger partial charge in [-0.15, -0.1) is 0 Å². The fraction of sp³-hybridized carbons (Fsp3) is 0. The number of hydrogen-bond donors (Lipinski definition) is 0. The third kappa shape index (κ3) is 2680. The molecule has 9 heteroatoms. The van der Waals surface area contributed by atoms with E-state index in [9.17, 15) is 0 Å². The van der Waals surface area contributed by atoms with Crippen LogP contribution in [0, 0.1) is 71.0 Å². The molecule has 0 heterocycles. The van der Waals surface area contributed by atoms with Crippen LogP contribution in [0.25, 0.3) is 0 Å². The van der Waals surface area contributed by atoms with E-state index in [4.69, 9.17) is 31.6 Å². The molecule has 0 bridgehead atoms. The molecular formula is C6H8CaFeN6Ni. The number of nitrogens with zero attached hydrogens (tertiary/aromatic N) is 6. The fourth-order valence-corrected chi connectivity index (χ4v) is 0. The molecule has 0 N–H and O–H groups in total. The predicted molar refractivity (Wildman–Crippen MR) is 48.0 cm³/mol. The molecule has 0 atom stereocenters. The van der Waals surface area contributed by atoms with E-state index in [0.717, 1.165) is 0 Å². The molecule has 0 saturated carbocycles. The Morgan fingerprint density at radius 1 is 0.467 bits per heavy atom. The molecule has 0 radical (unpaired) electrons. The topological polar surface area (TPSA) is 143 Å². The van der Waals surface area contributed by atoms with E-state index in [1.807, 2.05) is 0 Å². The van der Waals surface area contributed by atoms with E-state index in [1.165, 1.54) is 0 Å². The van der Waals surface area contributed by atoms with E-state index in [2.05, 4.69) is 39.4 Å². The summed E-state index contributed by atoms with van der Waals surface area (Å²) in [5, 5.41) is 39.0. The first-order valence-electron chi connectivity index (χ1n) is 1.55. The zero-order chi connectivity index (χ0) is 12.0. The molecule has 0 aliphatic heterocycles. The van der Waals surface area contributed by atoms with Gasteiger partial charge in [0.15, 0.2) is 0 Å². The number of rotatable bonds is 0. The third-order valence-corrected chi connectivity index (χ3v) is 0. The van der Waals surface area contributed by atoms with Crippen molar-refractivity contribution in [1.82, 2.24) is 0 Å². The van der Waals surface area contributed by atoms with E-state index >= 15 is 0 Å². The molecule has 0 spiro atoms. The second-order valence-electron chi connectivity index (χ2n) is 0. The average molecular weight is 319 g/mol. The van der Waals surface area contributed by atoms with Gasteiger partial charge in [-0.2, -0.15) is 0 Å². The fourth-order valence-electron chi connectivity index (χ4n) is 0. The van der Waals surface area contributed by atoms with Crippen LogP contribution < -0.4 is 0 Å². The molecule has 0 fully saturated rings. The van der Waals surface area contributed by atoms with E-state index < -0.39 is 0 Å². The Bertz CT molecular complexity index is 112. The predicted octanol–water partition coefficient (Wildman–Crippen LogP) is 0.678. The summed E-state index contributed by atoms with van der Waals surface area (Å²) < 4.78 is 0. The number of hydrogen-bond acceptors (Lipinski definition) is 6. The Morgan fingerprint density at radius 3 is 0.467 bits per heavy atom. The van der Waals surface area contributed by atoms with Crippen molar-refractivity contribution in [3.05, 3.63) is 0 Å². The molecule has 15 heavy (non-hydrogen) atoms. The van der Waals surface area contributed by atoms with Crippen LogP contribution in [0.3, 0.4) is 0 Å². The minimum absolute atomic E-state index is 0. The quantitative estimate of drug-likeness (QED) is 0.601. The van der Waals surface area contributed by atoms with Crippen LogP contribution >= 0.6 is 0 Å². The Kier molecular flexibility index (Phi) is 19400. The summed E-state index contributed by atoms with van der Waals surface area (Å²) in [6, 6.07) is 0. The van der Waals surface area contributed by atoms with Gasteiger partial charge in [-0.05, 0) is 0 Å². The summed E-state index contributed by atoms with van der Waals surface area (Å²) in [5.41, 5.74) is 0. The van der Waals surface area contributed by atoms with Crippen molar-refractivity contribution in [2.45, 2.75) is 0 Å². The van der Waals surface area contributed by atoms with Gasteiger partial charge >= 0.3 is 37.7 Å². The summed E-state index contributed by atoms with van der Waals surface area (Å²) in [6.45, 7) is 21.0. The van der Waals surface area contributed by atoms with E-state index in [0.29, 0.717) is 0 Å². The Hall–Kier alpha value is -0.787. The molecule has 0 aromatic rings. The summed E-state index contributed by atoms with van der Waals surface area (Å²) in [6.07, 6.45) is 0. The zero-order valence-electron chi connectivity index (χ0n) is 9.52. The molecule has 0 aliphatic carbocycles. The molecule has 6 nitrogen and oxygen atoms in total. The summed E-state index contributed by atoms with van der Waals surface area (Å²) in [4.78, 5) is 0. The molecule has 0 amide bonds. The van der Waals surface area contributed by atoms with Crippen molar-refractivity contribution in [3.63, 3.8) is 0 Å². The average Bonchev–Trinajstić information content (AvgIpc) is 2.33. The van der Waals surface area contributed by atoms with Gasteiger partial charge < -0.3 is 2.85 Å². The van der Waals surface area contributed by atoms with Gasteiger partial charge in [0.2, 0.25) is 0 Å². The van der Waals surface area contributed by atoms with E-state index in [-0.39, 0.29) is 74.2 Å². The SMILES string of the molecule is C#N.C#N.C#N.C#N.C#N.C#N.[Ca+2].[Fe].[H-].[H-].[Ni]. The molecule has 0 aromatic heterocycles. The molecule has 0 aliphatic rings. The summed E-state index contributed by atoms with van der Waals surface area (Å²) in [7, 11) is 0. The van der Waals surface area contributed by atoms with Crippen molar-refractivity contribution >= 4 is 37.7 Å². The van der Waals surface area contributed by atoms with Gasteiger partial charge in [0.25, 0.3) is 0 Å². The van der Waals surface area contributed by atoms with Crippen LogP contribution in [0.2, 0.25) is 0 Å². The second-order valence-corrected chi connectivity index (χ2v) is 0. The largest absolute Gasteiger partial charge is 2.00 e. The normalized spacial score (nSPS) is 0.800. The van der Waals surface area contributed by atoms with Gasteiger partial charge in [-0.3, -0.25) is 0 Å². The van der Waals surface area contributed by atoms with Crippen molar-refractivity contribution in [2.24, 2.45) is 0 Å². The molecule has 0 saturated heterocycles. The van der Waals surface area contributed by atoms with Crippen molar-refractivity contribution in [1.29, 1.82) is 31.6 Å². The molecule has 0 aromatic carbocycles. The first-order valence-corrected chi connectivity index (χ1v) is 1.55. The molecular weight excluding hydrogens is 311 g/mol. The van der Waals surface area contributed by atoms with Crippen molar-refractivity contribution in [2.75, 3.05) is 0 Å². The van der Waals surface area contributed by atoms with Crippen LogP contribution in [0.5, 0.6) is 0 Å². The van der Waals surface area contributed by atoms with Crippen LogP contribution in [-0.2, 0) is 33.6 Å². The summed E-state index contributed by atoms with van der Waals surface area (Å²) >= 11 is 0. The molecule has 82 valence electrons. The summed E-state index contributed by atoms with van der Waals surface area (Å²) in [5.74, 6) is 0. The third-order valence-electron chi connectivity index (χ3n) is 0. The van der Waals surface area contributed by atoms with Crippen LogP contribution in [-0.4, -0.2) is 37.7 Å². The smallest absolute Gasteiger partial charge is 1.00 e. The standard InChI is InChI=1S/6CHN.Ca.Fe.Ni.2H/c6*1-2;;;;;/h6*1H;;;;;/q;;;;;;+2;;;2*-1. The van der Waals surface area contributed by atoms with Gasteiger partial charge in [-0.25, -0.2) is 31.6 Å². The van der Waals surface area contributed by atoms with Gasteiger partial charge in [0, 0.05) is 73.0 Å². The van der Waals surface area contributed by atoms with Gasteiger partial charge in [0.05, 0.1) is 0 Å². The first-order chi connectivity index (χ1) is 6.00. The van der Waals surface area contributed by atoms with Crippen LogP contribution in [0.1, 0.15) is 2.85 Å². The van der Waals surface area contributed by atoms with Crippen molar-refractivity contribution < 1.29 is 36.4 Å². The Labute approximate surface area is 144 Å². The number of nitriles is 6. The molecule has 0 unspecified atom stereocenters. The van der Waals surface area contributed by atoms with Gasteiger partial charge in [0.1, 0.15) is 0 Å². The first kappa shape index (κ1) is 91.3. The maximum absolute atomic E-state index is 6.50. The van der Waals surface area contributed by atoms with Crippen molar-refractivity contribution in [3.8, 4) is 39.4 Å². The van der Waals surface area contributed by atoms with Crippen LogP contribution in [0.15, 0.2) is 0 Å². The monoisotopic (exact) mass is 318 g/mol. The van der Waals surface area contributed by atoms with Gasteiger partial charge in [-0.1, -0.05) is 0 Å². The maximum Gasteiger partial charge on any atom is 2.00 e. The Morgan fingerprint density at radius 2 is 0.467 bits per heavy atom. The molecule has 0 rings (SSSR count). The minimum atomic E-state index is 0. The second kappa shape index (κ2) is 3180. The Balaban J connectivity index is -0.00000000267. The van der Waals surface area contributed by atoms with E-state index in [1.54, 1.807) is 0 Å².